The van der Waals surface area contributed by atoms with Crippen molar-refractivity contribution >= 4 is 23.2 Å². The van der Waals surface area contributed by atoms with Gasteiger partial charge in [0.1, 0.15) is 11.6 Å². The van der Waals surface area contributed by atoms with Gasteiger partial charge in [-0.3, -0.25) is 9.89 Å². The first-order valence-corrected chi connectivity index (χ1v) is 11.3. The van der Waals surface area contributed by atoms with Crippen LogP contribution in [0.15, 0.2) is 47.9 Å². The number of amides is 1. The molecule has 1 amide bonds. The Balaban J connectivity index is 1.59. The summed E-state index contributed by atoms with van der Waals surface area (Å²) in [6.07, 6.45) is 0. The van der Waals surface area contributed by atoms with Crippen molar-refractivity contribution in [3.05, 3.63) is 75.3 Å². The van der Waals surface area contributed by atoms with Gasteiger partial charge in [-0.15, -0.1) is 5.10 Å². The fourth-order valence-corrected chi connectivity index (χ4v) is 4.05. The van der Waals surface area contributed by atoms with Gasteiger partial charge in [-0.05, 0) is 56.2 Å². The summed E-state index contributed by atoms with van der Waals surface area (Å²) in [6, 6.07) is 12.7. The molecule has 0 spiro atoms. The van der Waals surface area contributed by atoms with Crippen molar-refractivity contribution in [3.63, 3.8) is 0 Å². The lowest BCUT2D eigenvalue weighted by Gasteiger charge is -2.24. The number of fused-ring (bicyclic) bond motifs is 1. The van der Waals surface area contributed by atoms with Crippen LogP contribution in [-0.2, 0) is 4.79 Å². The SMILES string of the molecule is CCOc1cc(C2C(C#N)=C(N)Oc3n[nH]c(C)c32)ccc1OCC(=O)Nc1cc(Cl)ccc1C. The van der Waals surface area contributed by atoms with Crippen LogP contribution >= 0.6 is 11.6 Å². The maximum absolute atomic E-state index is 12.5. The van der Waals surface area contributed by atoms with Gasteiger partial charge >= 0.3 is 0 Å². The molecule has 1 aliphatic heterocycles. The third kappa shape index (κ3) is 4.88. The van der Waals surface area contributed by atoms with Gasteiger partial charge in [0.05, 0.1) is 12.5 Å². The number of hydrogen-bond donors (Lipinski definition) is 3. The summed E-state index contributed by atoms with van der Waals surface area (Å²) in [6.45, 7) is 5.71. The molecule has 4 rings (SSSR count). The van der Waals surface area contributed by atoms with Crippen molar-refractivity contribution < 1.29 is 19.0 Å². The normalized spacial score (nSPS) is 14.5. The lowest BCUT2D eigenvalue weighted by molar-refractivity contribution is -0.118. The van der Waals surface area contributed by atoms with Gasteiger partial charge < -0.3 is 25.3 Å². The van der Waals surface area contributed by atoms with Crippen LogP contribution in [0.2, 0.25) is 5.02 Å². The van der Waals surface area contributed by atoms with Crippen LogP contribution in [0.25, 0.3) is 0 Å². The van der Waals surface area contributed by atoms with Crippen LogP contribution in [0.4, 0.5) is 5.69 Å². The average Bonchev–Trinajstić information content (AvgIpc) is 3.19. The molecule has 0 fully saturated rings. The predicted octanol–water partition coefficient (Wildman–Crippen LogP) is 4.31. The molecule has 0 bridgehead atoms. The third-order valence-electron chi connectivity index (χ3n) is 5.56. The van der Waals surface area contributed by atoms with Gasteiger partial charge in [0.2, 0.25) is 11.8 Å². The number of ether oxygens (including phenoxy) is 3. The van der Waals surface area contributed by atoms with E-state index in [4.69, 9.17) is 31.5 Å². The number of nitrogens with one attached hydrogen (secondary N) is 2. The summed E-state index contributed by atoms with van der Waals surface area (Å²) in [5.74, 6) is 0.317. The van der Waals surface area contributed by atoms with E-state index in [2.05, 4.69) is 21.6 Å². The summed E-state index contributed by atoms with van der Waals surface area (Å²) < 4.78 is 17.1. The number of benzene rings is 2. The number of anilines is 1. The highest BCUT2D eigenvalue weighted by Gasteiger charge is 2.34. The summed E-state index contributed by atoms with van der Waals surface area (Å²) in [7, 11) is 0. The lowest BCUT2D eigenvalue weighted by Crippen LogP contribution is -2.22. The number of H-pyrrole nitrogens is 1. The van der Waals surface area contributed by atoms with Gasteiger partial charge in [-0.1, -0.05) is 23.7 Å². The van der Waals surface area contributed by atoms with E-state index >= 15 is 0 Å². The van der Waals surface area contributed by atoms with E-state index in [0.29, 0.717) is 34.7 Å². The van der Waals surface area contributed by atoms with Crippen molar-refractivity contribution in [1.29, 1.82) is 5.26 Å². The van der Waals surface area contributed by atoms with Crippen molar-refractivity contribution in [1.82, 2.24) is 10.2 Å². The second-order valence-electron chi connectivity index (χ2n) is 7.93. The molecular formula is C25H24ClN5O4. The third-order valence-corrected chi connectivity index (χ3v) is 5.80. The van der Waals surface area contributed by atoms with Crippen LogP contribution in [-0.4, -0.2) is 29.3 Å². The second kappa shape index (κ2) is 9.99. The van der Waals surface area contributed by atoms with Crippen molar-refractivity contribution in [2.45, 2.75) is 26.7 Å². The molecule has 4 N–H and O–H groups in total. The highest BCUT2D eigenvalue weighted by molar-refractivity contribution is 6.31. The highest BCUT2D eigenvalue weighted by Crippen LogP contribution is 2.44. The molecule has 0 radical (unpaired) electrons. The fourth-order valence-electron chi connectivity index (χ4n) is 3.88. The van der Waals surface area contributed by atoms with E-state index in [9.17, 15) is 10.1 Å². The zero-order valence-corrected chi connectivity index (χ0v) is 20.2. The number of allylic oxidation sites excluding steroid dienone is 1. The number of hydrogen-bond acceptors (Lipinski definition) is 7. The molecule has 35 heavy (non-hydrogen) atoms. The number of nitriles is 1. The minimum absolute atomic E-state index is 0.00256. The molecule has 0 saturated heterocycles. The number of aryl methyl sites for hydroxylation is 2. The molecule has 0 aliphatic carbocycles. The van der Waals surface area contributed by atoms with E-state index in [0.717, 1.165) is 22.4 Å². The summed E-state index contributed by atoms with van der Waals surface area (Å²) in [4.78, 5) is 12.5. The monoisotopic (exact) mass is 493 g/mol. The van der Waals surface area contributed by atoms with Gasteiger partial charge in [0.15, 0.2) is 18.1 Å². The number of nitrogens with zero attached hydrogens (tertiary/aromatic N) is 2. The Morgan fingerprint density at radius 3 is 2.80 bits per heavy atom. The number of halogens is 1. The van der Waals surface area contributed by atoms with Crippen molar-refractivity contribution in [2.24, 2.45) is 5.73 Å². The molecule has 9 nitrogen and oxygen atoms in total. The quantitative estimate of drug-likeness (QED) is 0.446. The minimum Gasteiger partial charge on any atom is -0.490 e. The highest BCUT2D eigenvalue weighted by atomic mass is 35.5. The molecule has 3 aromatic rings. The predicted molar refractivity (Wildman–Crippen MR) is 131 cm³/mol. The van der Waals surface area contributed by atoms with Crippen LogP contribution in [0, 0.1) is 25.2 Å². The van der Waals surface area contributed by atoms with Crippen molar-refractivity contribution in [3.8, 4) is 23.4 Å². The minimum atomic E-state index is -0.496. The van der Waals surface area contributed by atoms with Gasteiger partial charge in [-0.2, -0.15) is 5.26 Å². The summed E-state index contributed by atoms with van der Waals surface area (Å²) in [5, 5.41) is 20.1. The molecule has 2 heterocycles. The number of aromatic amines is 1. The molecule has 1 aliphatic rings. The van der Waals surface area contributed by atoms with Crippen LogP contribution in [0.5, 0.6) is 17.4 Å². The smallest absolute Gasteiger partial charge is 0.262 e. The van der Waals surface area contributed by atoms with Crippen molar-refractivity contribution in [2.75, 3.05) is 18.5 Å². The van der Waals surface area contributed by atoms with Crippen LogP contribution in [0.3, 0.4) is 0 Å². The maximum atomic E-state index is 12.5. The van der Waals surface area contributed by atoms with Gasteiger partial charge in [0, 0.05) is 22.0 Å². The van der Waals surface area contributed by atoms with E-state index < -0.39 is 5.92 Å². The van der Waals surface area contributed by atoms with Crippen LogP contribution in [0.1, 0.15) is 35.2 Å². The Morgan fingerprint density at radius 1 is 1.26 bits per heavy atom. The number of carbonyl (C=O) groups excluding carboxylic acids is 1. The van der Waals surface area contributed by atoms with Gasteiger partial charge in [0.25, 0.3) is 5.91 Å². The Kier molecular flexibility index (Phi) is 6.85. The lowest BCUT2D eigenvalue weighted by atomic mass is 9.84. The zero-order chi connectivity index (χ0) is 25.1. The molecule has 2 aromatic carbocycles. The first-order valence-electron chi connectivity index (χ1n) is 10.9. The Bertz CT molecular complexity index is 1360. The summed E-state index contributed by atoms with van der Waals surface area (Å²) in [5.41, 5.74) is 10.0. The summed E-state index contributed by atoms with van der Waals surface area (Å²) >= 11 is 6.03. The fraction of sp³-hybridized carbons (Fsp3) is 0.240. The maximum Gasteiger partial charge on any atom is 0.262 e. The molecule has 180 valence electrons. The molecular weight excluding hydrogens is 470 g/mol. The molecule has 10 heteroatoms. The van der Waals surface area contributed by atoms with E-state index in [-0.39, 0.29) is 24.0 Å². The molecule has 1 atom stereocenters. The number of carbonyl (C=O) groups is 1. The molecule has 1 aromatic heterocycles. The largest absolute Gasteiger partial charge is 0.490 e. The average molecular weight is 494 g/mol. The Morgan fingerprint density at radius 2 is 2.06 bits per heavy atom. The van der Waals surface area contributed by atoms with E-state index in [1.807, 2.05) is 26.8 Å². The Hall–Kier alpha value is -4.16. The van der Waals surface area contributed by atoms with E-state index in [1.165, 1.54) is 0 Å². The number of rotatable bonds is 7. The number of aromatic nitrogens is 2. The second-order valence-corrected chi connectivity index (χ2v) is 8.36. The van der Waals surface area contributed by atoms with Crippen LogP contribution < -0.4 is 25.3 Å². The number of nitrogens with two attached hydrogens (primary N) is 1. The Labute approximate surface area is 207 Å². The molecule has 1 unspecified atom stereocenters. The van der Waals surface area contributed by atoms with Gasteiger partial charge in [-0.25, -0.2) is 0 Å². The van der Waals surface area contributed by atoms with E-state index in [1.54, 1.807) is 30.3 Å². The molecule has 0 saturated carbocycles. The zero-order valence-electron chi connectivity index (χ0n) is 19.4. The standard InChI is InChI=1S/C25H24ClN5O4/c1-4-33-20-9-15(23-17(11-27)24(28)35-25-22(23)14(3)30-31-25)6-8-19(20)34-12-21(32)29-18-10-16(26)7-5-13(18)2/h5-10,23H,4,12,28H2,1-3H3,(H,29,32)(H,30,31). The first-order chi connectivity index (χ1) is 16.8. The first kappa shape index (κ1) is 24.0. The topological polar surface area (TPSA) is 135 Å².